The van der Waals surface area contributed by atoms with E-state index in [1.54, 1.807) is 14.1 Å². The van der Waals surface area contributed by atoms with Gasteiger partial charge in [0, 0.05) is 52.1 Å². The summed E-state index contributed by atoms with van der Waals surface area (Å²) in [6, 6.07) is 7.70. The summed E-state index contributed by atoms with van der Waals surface area (Å²) in [4.78, 5) is 16.0. The van der Waals surface area contributed by atoms with Gasteiger partial charge in [0.25, 0.3) is 5.91 Å². The number of aromatic nitrogens is 3. The van der Waals surface area contributed by atoms with Gasteiger partial charge in [0.1, 0.15) is 11.6 Å². The third-order valence-electron chi connectivity index (χ3n) is 5.40. The number of carbonyl (C=O) groups is 1. The lowest BCUT2D eigenvalue weighted by Gasteiger charge is -2.12. The Kier molecular flexibility index (Phi) is 8.23. The second-order valence-corrected chi connectivity index (χ2v) is 7.55. The molecule has 1 aromatic heterocycles. The number of hydrogen-bond donors (Lipinski definition) is 3. The van der Waals surface area contributed by atoms with Crippen molar-refractivity contribution in [2.75, 3.05) is 27.2 Å². The number of fused-ring (bicyclic) bond motifs is 1. The van der Waals surface area contributed by atoms with Gasteiger partial charge in [-0.2, -0.15) is 0 Å². The third-order valence-corrected chi connectivity index (χ3v) is 5.40. The Bertz CT molecular complexity index is 859. The van der Waals surface area contributed by atoms with Crippen molar-refractivity contribution in [2.45, 2.75) is 51.5 Å². The van der Waals surface area contributed by atoms with Gasteiger partial charge in [0.05, 0.1) is 0 Å². The smallest absolute Gasteiger partial charge is 0.251 e. The molecule has 1 amide bonds. The molecule has 162 valence electrons. The van der Waals surface area contributed by atoms with Crippen molar-refractivity contribution in [3.05, 3.63) is 47.0 Å². The first-order valence-electron chi connectivity index (χ1n) is 10.9. The van der Waals surface area contributed by atoms with Gasteiger partial charge in [0.2, 0.25) is 0 Å². The maximum absolute atomic E-state index is 11.8. The normalized spacial score (nSPS) is 14.0. The molecule has 0 spiro atoms. The van der Waals surface area contributed by atoms with E-state index in [0.29, 0.717) is 5.56 Å². The second-order valence-electron chi connectivity index (χ2n) is 7.55. The minimum Gasteiger partial charge on any atom is -0.356 e. The molecule has 30 heavy (non-hydrogen) atoms. The largest absolute Gasteiger partial charge is 0.356 e. The van der Waals surface area contributed by atoms with Crippen molar-refractivity contribution in [1.82, 2.24) is 30.7 Å². The number of nitrogens with zero attached hydrogens (tertiary/aromatic N) is 4. The van der Waals surface area contributed by atoms with Gasteiger partial charge in [-0.25, -0.2) is 0 Å². The van der Waals surface area contributed by atoms with Crippen molar-refractivity contribution in [3.63, 3.8) is 0 Å². The lowest BCUT2D eigenvalue weighted by atomic mass is 10.1. The van der Waals surface area contributed by atoms with Gasteiger partial charge in [0.15, 0.2) is 5.96 Å². The molecule has 0 bridgehead atoms. The first-order chi connectivity index (χ1) is 14.7. The molecule has 8 nitrogen and oxygen atoms in total. The zero-order valence-electron chi connectivity index (χ0n) is 18.1. The summed E-state index contributed by atoms with van der Waals surface area (Å²) in [7, 11) is 3.42. The number of rotatable bonds is 8. The molecule has 2 heterocycles. The molecule has 8 heteroatoms. The standard InChI is InChI=1S/C22H33N7O/c1-23-21(30)18-9-6-8-17(16-18)12-14-26-22(24-2)25-13-7-11-20-28-27-19-10-4-3-5-15-29(19)20/h6,8-9,16H,3-5,7,10-15H2,1-2H3,(H,23,30)(H2,24,25,26). The van der Waals surface area contributed by atoms with Gasteiger partial charge in [-0.1, -0.05) is 18.6 Å². The zero-order chi connectivity index (χ0) is 21.2. The molecule has 0 aliphatic carbocycles. The van der Waals surface area contributed by atoms with Crippen LogP contribution in [-0.2, 0) is 25.8 Å². The van der Waals surface area contributed by atoms with Crippen LogP contribution in [0.15, 0.2) is 29.3 Å². The van der Waals surface area contributed by atoms with E-state index in [9.17, 15) is 4.79 Å². The average molecular weight is 412 g/mol. The highest BCUT2D eigenvalue weighted by Crippen LogP contribution is 2.15. The highest BCUT2D eigenvalue weighted by Gasteiger charge is 2.14. The second kappa shape index (κ2) is 11.3. The monoisotopic (exact) mass is 411 g/mol. The molecule has 3 N–H and O–H groups in total. The van der Waals surface area contributed by atoms with Crippen molar-refractivity contribution < 1.29 is 4.79 Å². The van der Waals surface area contributed by atoms with E-state index in [-0.39, 0.29) is 5.91 Å². The van der Waals surface area contributed by atoms with Crippen molar-refractivity contribution in [3.8, 4) is 0 Å². The molecule has 0 saturated carbocycles. The first-order valence-corrected chi connectivity index (χ1v) is 10.9. The summed E-state index contributed by atoms with van der Waals surface area (Å²) in [6.45, 7) is 2.62. The molecule has 2 aromatic rings. The van der Waals surface area contributed by atoms with E-state index in [4.69, 9.17) is 0 Å². The van der Waals surface area contributed by atoms with Crippen LogP contribution in [0.5, 0.6) is 0 Å². The Morgan fingerprint density at radius 3 is 2.83 bits per heavy atom. The number of aryl methyl sites for hydroxylation is 2. The molecule has 0 saturated heterocycles. The molecule has 0 radical (unpaired) electrons. The molecule has 3 rings (SSSR count). The Labute approximate surface area is 178 Å². The molecule has 0 fully saturated rings. The van der Waals surface area contributed by atoms with Gasteiger partial charge in [-0.15, -0.1) is 10.2 Å². The topological polar surface area (TPSA) is 96.2 Å². The van der Waals surface area contributed by atoms with Crippen molar-refractivity contribution in [1.29, 1.82) is 0 Å². The molecule has 1 aromatic carbocycles. The van der Waals surface area contributed by atoms with Gasteiger partial charge in [-0.05, 0) is 43.4 Å². The van der Waals surface area contributed by atoms with Gasteiger partial charge < -0.3 is 20.5 Å². The van der Waals surface area contributed by atoms with E-state index in [1.165, 1.54) is 19.3 Å². The van der Waals surface area contributed by atoms with Crippen LogP contribution in [0.25, 0.3) is 0 Å². The minimum absolute atomic E-state index is 0.0631. The lowest BCUT2D eigenvalue weighted by Crippen LogP contribution is -2.38. The van der Waals surface area contributed by atoms with Crippen LogP contribution in [0.3, 0.4) is 0 Å². The SMILES string of the molecule is CN=C(NCCCc1nnc2n1CCCCC2)NCCc1cccc(C(=O)NC)c1. The highest BCUT2D eigenvalue weighted by atomic mass is 16.1. The maximum Gasteiger partial charge on any atom is 0.251 e. The van der Waals surface area contributed by atoms with Crippen LogP contribution in [0, 0.1) is 0 Å². The van der Waals surface area contributed by atoms with E-state index >= 15 is 0 Å². The summed E-state index contributed by atoms with van der Waals surface area (Å²) in [5.41, 5.74) is 1.80. The number of nitrogens with one attached hydrogen (secondary N) is 3. The average Bonchev–Trinajstić information content (AvgIpc) is 3.00. The van der Waals surface area contributed by atoms with Crippen LogP contribution in [0.4, 0.5) is 0 Å². The fourth-order valence-electron chi connectivity index (χ4n) is 3.74. The van der Waals surface area contributed by atoms with Crippen LogP contribution in [-0.4, -0.2) is 53.8 Å². The van der Waals surface area contributed by atoms with Crippen molar-refractivity contribution >= 4 is 11.9 Å². The minimum atomic E-state index is -0.0631. The summed E-state index contributed by atoms with van der Waals surface area (Å²) in [5, 5.41) is 18.1. The van der Waals surface area contributed by atoms with Gasteiger partial charge >= 0.3 is 0 Å². The van der Waals surface area contributed by atoms with E-state index in [2.05, 4.69) is 35.7 Å². The summed E-state index contributed by atoms with van der Waals surface area (Å²) >= 11 is 0. The fourth-order valence-corrected chi connectivity index (χ4v) is 3.74. The Morgan fingerprint density at radius 2 is 2.00 bits per heavy atom. The predicted octanol–water partition coefficient (Wildman–Crippen LogP) is 1.70. The molecular formula is C22H33N7O. The van der Waals surface area contributed by atoms with Crippen LogP contribution in [0.2, 0.25) is 0 Å². The van der Waals surface area contributed by atoms with Crippen LogP contribution >= 0.6 is 0 Å². The Morgan fingerprint density at radius 1 is 1.13 bits per heavy atom. The van der Waals surface area contributed by atoms with Crippen LogP contribution < -0.4 is 16.0 Å². The third kappa shape index (κ3) is 6.05. The predicted molar refractivity (Wildman–Crippen MR) is 119 cm³/mol. The van der Waals surface area contributed by atoms with Crippen LogP contribution in [0.1, 0.15) is 53.3 Å². The molecular weight excluding hydrogens is 378 g/mol. The summed E-state index contributed by atoms with van der Waals surface area (Å²) in [6.07, 6.45) is 7.49. The number of hydrogen-bond acceptors (Lipinski definition) is 4. The van der Waals surface area contributed by atoms with Gasteiger partial charge in [-0.3, -0.25) is 9.79 Å². The van der Waals surface area contributed by atoms with E-state index in [1.807, 2.05) is 24.3 Å². The Hall–Kier alpha value is -2.90. The maximum atomic E-state index is 11.8. The number of benzene rings is 1. The quantitative estimate of drug-likeness (QED) is 0.349. The summed E-state index contributed by atoms with van der Waals surface area (Å²) < 4.78 is 2.31. The number of amides is 1. The molecule has 0 unspecified atom stereocenters. The van der Waals surface area contributed by atoms with Crippen molar-refractivity contribution in [2.24, 2.45) is 4.99 Å². The number of aliphatic imine (C=N–C) groups is 1. The number of guanidine groups is 1. The molecule has 0 atom stereocenters. The molecule has 1 aliphatic rings. The fraction of sp³-hybridized carbons (Fsp3) is 0.545. The number of carbonyl (C=O) groups excluding carboxylic acids is 1. The zero-order valence-corrected chi connectivity index (χ0v) is 18.1. The molecule has 1 aliphatic heterocycles. The van der Waals surface area contributed by atoms with E-state index < -0.39 is 0 Å². The van der Waals surface area contributed by atoms with E-state index in [0.717, 1.165) is 68.5 Å². The lowest BCUT2D eigenvalue weighted by molar-refractivity contribution is 0.0963. The first kappa shape index (κ1) is 21.8. The highest BCUT2D eigenvalue weighted by molar-refractivity contribution is 5.94. The summed E-state index contributed by atoms with van der Waals surface area (Å²) in [5.74, 6) is 2.98. The Balaban J connectivity index is 1.38.